The summed E-state index contributed by atoms with van der Waals surface area (Å²) < 4.78 is 11.7. The van der Waals surface area contributed by atoms with Gasteiger partial charge in [0, 0.05) is 55.4 Å². The molecule has 4 rings (SSSR count). The number of hydrogen-bond acceptors (Lipinski definition) is 5. The van der Waals surface area contributed by atoms with Crippen LogP contribution in [0.4, 0.5) is 0 Å². The maximum Gasteiger partial charge on any atom is 0.223 e. The van der Waals surface area contributed by atoms with E-state index in [1.165, 1.54) is 11.1 Å². The zero-order chi connectivity index (χ0) is 23.3. The fourth-order valence-electron chi connectivity index (χ4n) is 4.91. The van der Waals surface area contributed by atoms with Crippen molar-refractivity contribution in [2.45, 2.75) is 39.7 Å². The minimum atomic E-state index is -0.238. The number of carbonyl (C=O) groups excluding carboxylic acids is 1. The minimum Gasteiger partial charge on any atom is -0.493 e. The summed E-state index contributed by atoms with van der Waals surface area (Å²) in [5.74, 6) is 1.00. The highest BCUT2D eigenvalue weighted by molar-refractivity contribution is 6.31. The lowest BCUT2D eigenvalue weighted by Gasteiger charge is -2.43. The van der Waals surface area contributed by atoms with Crippen LogP contribution in [0.15, 0.2) is 36.7 Å². The molecule has 2 fully saturated rings. The van der Waals surface area contributed by atoms with E-state index in [0.717, 1.165) is 48.8 Å². The van der Waals surface area contributed by atoms with Gasteiger partial charge in [0.25, 0.3) is 0 Å². The van der Waals surface area contributed by atoms with E-state index in [9.17, 15) is 4.79 Å². The smallest absolute Gasteiger partial charge is 0.223 e. The molecule has 2 aromatic rings. The molecule has 1 amide bonds. The average Bonchev–Trinajstić information content (AvgIpc) is 2.81. The van der Waals surface area contributed by atoms with E-state index in [1.54, 1.807) is 0 Å². The van der Waals surface area contributed by atoms with Gasteiger partial charge in [-0.05, 0) is 68.1 Å². The highest BCUT2D eigenvalue weighted by Crippen LogP contribution is 2.36. The number of piperidine rings is 1. The van der Waals surface area contributed by atoms with Crippen LogP contribution in [-0.2, 0) is 16.1 Å². The molecule has 33 heavy (non-hydrogen) atoms. The fourth-order valence-corrected chi connectivity index (χ4v) is 5.03. The summed E-state index contributed by atoms with van der Waals surface area (Å²) in [7, 11) is 0. The molecule has 1 aromatic carbocycles. The number of amides is 1. The molecule has 2 aliphatic rings. The summed E-state index contributed by atoms with van der Waals surface area (Å²) in [4.78, 5) is 22.0. The maximum atomic E-state index is 13.3. The largest absolute Gasteiger partial charge is 0.493 e. The molecule has 0 spiro atoms. The molecule has 7 heteroatoms. The van der Waals surface area contributed by atoms with Crippen LogP contribution in [-0.4, -0.2) is 66.7 Å². The minimum absolute atomic E-state index is 0.202. The number of ether oxygens (including phenoxy) is 2. The molecule has 178 valence electrons. The Balaban J connectivity index is 1.50. The summed E-state index contributed by atoms with van der Waals surface area (Å²) in [6.45, 7) is 9.80. The van der Waals surface area contributed by atoms with E-state index in [1.807, 2.05) is 42.4 Å². The Kier molecular flexibility index (Phi) is 7.89. The summed E-state index contributed by atoms with van der Waals surface area (Å²) in [5, 5.41) is 0.732. The summed E-state index contributed by atoms with van der Waals surface area (Å²) >= 11 is 6.19. The van der Waals surface area contributed by atoms with Gasteiger partial charge >= 0.3 is 0 Å². The maximum absolute atomic E-state index is 13.3. The first kappa shape index (κ1) is 24.0. The van der Waals surface area contributed by atoms with Crippen LogP contribution >= 0.6 is 11.6 Å². The first-order valence-corrected chi connectivity index (χ1v) is 12.2. The van der Waals surface area contributed by atoms with Crippen molar-refractivity contribution in [3.8, 4) is 5.75 Å². The van der Waals surface area contributed by atoms with Crippen LogP contribution in [0.25, 0.3) is 0 Å². The molecular weight excluding hydrogens is 438 g/mol. The van der Waals surface area contributed by atoms with Gasteiger partial charge in [-0.15, -0.1) is 0 Å². The molecule has 0 saturated carbocycles. The molecule has 2 saturated heterocycles. The zero-order valence-corrected chi connectivity index (χ0v) is 20.4. The molecule has 6 nitrogen and oxygen atoms in total. The van der Waals surface area contributed by atoms with Crippen LogP contribution in [0.2, 0.25) is 5.02 Å². The normalized spacial score (nSPS) is 21.7. The van der Waals surface area contributed by atoms with Gasteiger partial charge in [0.15, 0.2) is 0 Å². The molecule has 2 aliphatic heterocycles. The molecule has 3 heterocycles. The van der Waals surface area contributed by atoms with Gasteiger partial charge < -0.3 is 14.4 Å². The van der Waals surface area contributed by atoms with E-state index >= 15 is 0 Å². The second-order valence-corrected chi connectivity index (χ2v) is 9.96. The number of pyridine rings is 1. The first-order valence-electron chi connectivity index (χ1n) is 11.8. The van der Waals surface area contributed by atoms with Crippen molar-refractivity contribution >= 4 is 17.5 Å². The topological polar surface area (TPSA) is 54.9 Å². The Morgan fingerprint density at radius 1 is 1.18 bits per heavy atom. The average molecular weight is 472 g/mol. The number of aryl methyl sites for hydroxylation is 2. The lowest BCUT2D eigenvalue weighted by Crippen LogP contribution is -2.50. The lowest BCUT2D eigenvalue weighted by atomic mass is 9.77. The Labute approximate surface area is 201 Å². The molecule has 1 aromatic heterocycles. The van der Waals surface area contributed by atoms with Crippen molar-refractivity contribution in [1.29, 1.82) is 0 Å². The van der Waals surface area contributed by atoms with Crippen LogP contribution in [0, 0.1) is 19.3 Å². The van der Waals surface area contributed by atoms with Gasteiger partial charge in [-0.2, -0.15) is 0 Å². The molecular formula is C26H34ClN3O3. The standard InChI is InChI=1S/C26H34ClN3O3/c1-20-12-22(16-28-15-20)17-29-7-3-6-26(18-29,14-25(31)30-8-10-32-11-9-30)19-33-23-4-5-24(27)21(2)13-23/h4-5,12-13,15-16H,3,6-11,14,17-19H2,1-2H3/t26-/m0/s1. The van der Waals surface area contributed by atoms with Crippen molar-refractivity contribution < 1.29 is 14.3 Å². The van der Waals surface area contributed by atoms with Crippen molar-refractivity contribution in [3.05, 3.63) is 58.4 Å². The van der Waals surface area contributed by atoms with Crippen molar-refractivity contribution in [1.82, 2.24) is 14.8 Å². The highest BCUT2D eigenvalue weighted by Gasteiger charge is 2.39. The molecule has 0 unspecified atom stereocenters. The van der Waals surface area contributed by atoms with Crippen LogP contribution < -0.4 is 4.74 Å². The van der Waals surface area contributed by atoms with Crippen molar-refractivity contribution in [3.63, 3.8) is 0 Å². The quantitative estimate of drug-likeness (QED) is 0.603. The summed E-state index contributed by atoms with van der Waals surface area (Å²) in [6.07, 6.45) is 6.32. The van der Waals surface area contributed by atoms with E-state index in [2.05, 4.69) is 22.9 Å². The molecule has 0 radical (unpaired) electrons. The number of morpholine rings is 1. The monoisotopic (exact) mass is 471 g/mol. The van der Waals surface area contributed by atoms with Gasteiger partial charge in [-0.3, -0.25) is 14.7 Å². The molecule has 1 atom stereocenters. The van der Waals surface area contributed by atoms with Crippen molar-refractivity contribution in [2.75, 3.05) is 46.0 Å². The van der Waals surface area contributed by atoms with Gasteiger partial charge in [0.2, 0.25) is 5.91 Å². The second-order valence-electron chi connectivity index (χ2n) is 9.55. The van der Waals surface area contributed by atoms with Crippen molar-refractivity contribution in [2.24, 2.45) is 5.41 Å². The van der Waals surface area contributed by atoms with Crippen LogP contribution in [0.3, 0.4) is 0 Å². The van der Waals surface area contributed by atoms with E-state index in [0.29, 0.717) is 39.3 Å². The number of carbonyl (C=O) groups is 1. The van der Waals surface area contributed by atoms with Gasteiger partial charge in [-0.1, -0.05) is 17.7 Å². The summed E-state index contributed by atoms with van der Waals surface area (Å²) in [5.41, 5.74) is 3.13. The number of likely N-dealkylation sites (tertiary alicyclic amines) is 1. The molecule has 0 N–H and O–H groups in total. The fraction of sp³-hybridized carbons (Fsp3) is 0.538. The summed E-state index contributed by atoms with van der Waals surface area (Å²) in [6, 6.07) is 7.94. The van der Waals surface area contributed by atoms with Crippen LogP contribution in [0.5, 0.6) is 5.75 Å². The van der Waals surface area contributed by atoms with Gasteiger partial charge in [-0.25, -0.2) is 0 Å². The van der Waals surface area contributed by atoms with Crippen LogP contribution in [0.1, 0.15) is 36.0 Å². The number of halogens is 1. The Hall–Kier alpha value is -2.15. The predicted molar refractivity (Wildman–Crippen MR) is 130 cm³/mol. The van der Waals surface area contributed by atoms with Gasteiger partial charge in [0.05, 0.1) is 19.8 Å². The molecule has 0 bridgehead atoms. The SMILES string of the molecule is Cc1cncc(CN2CCC[C@](COc3ccc(Cl)c(C)c3)(CC(=O)N3CCOCC3)C2)c1. The number of benzene rings is 1. The highest BCUT2D eigenvalue weighted by atomic mass is 35.5. The van der Waals surface area contributed by atoms with E-state index in [-0.39, 0.29) is 11.3 Å². The van der Waals surface area contributed by atoms with E-state index in [4.69, 9.17) is 21.1 Å². The Bertz CT molecular complexity index is 964. The number of rotatable bonds is 7. The molecule has 0 aliphatic carbocycles. The number of hydrogen-bond donors (Lipinski definition) is 0. The van der Waals surface area contributed by atoms with Gasteiger partial charge in [0.1, 0.15) is 5.75 Å². The number of nitrogens with zero attached hydrogens (tertiary/aromatic N) is 3. The Morgan fingerprint density at radius 2 is 2.00 bits per heavy atom. The number of aromatic nitrogens is 1. The Morgan fingerprint density at radius 3 is 2.76 bits per heavy atom. The lowest BCUT2D eigenvalue weighted by molar-refractivity contribution is -0.139. The first-order chi connectivity index (χ1) is 15.9. The third-order valence-corrected chi connectivity index (χ3v) is 7.07. The third kappa shape index (κ3) is 6.46. The second kappa shape index (κ2) is 10.9. The zero-order valence-electron chi connectivity index (χ0n) is 19.7. The van der Waals surface area contributed by atoms with E-state index < -0.39 is 0 Å². The predicted octanol–water partition coefficient (Wildman–Crippen LogP) is 4.26. The third-order valence-electron chi connectivity index (χ3n) is 6.64.